The zero-order valence-corrected chi connectivity index (χ0v) is 21.3. The van der Waals surface area contributed by atoms with E-state index in [1.165, 1.54) is 7.11 Å². The number of fused-ring (bicyclic) bond motifs is 1. The lowest BCUT2D eigenvalue weighted by Crippen LogP contribution is -2.28. The molecule has 1 aliphatic rings. The number of hydrogen-bond donors (Lipinski definition) is 1. The van der Waals surface area contributed by atoms with Gasteiger partial charge in [-0.2, -0.15) is 21.6 Å². The smallest absolute Gasteiger partial charge is 0.496 e. The van der Waals surface area contributed by atoms with Crippen molar-refractivity contribution < 1.29 is 49.9 Å². The normalized spacial score (nSPS) is 16.4. The van der Waals surface area contributed by atoms with Crippen LogP contribution in [0.2, 0.25) is 0 Å². The zero-order valence-electron chi connectivity index (χ0n) is 20.4. The predicted octanol–water partition coefficient (Wildman–Crippen LogP) is 5.38. The minimum Gasteiger partial charge on any atom is -0.496 e. The zero-order chi connectivity index (χ0) is 26.9. The summed E-state index contributed by atoms with van der Waals surface area (Å²) in [5, 5.41) is 9.20. The fourth-order valence-corrected chi connectivity index (χ4v) is 4.41. The Morgan fingerprint density at radius 2 is 1.69 bits per heavy atom. The minimum atomic E-state index is -5.88. The van der Waals surface area contributed by atoms with Gasteiger partial charge in [0.05, 0.1) is 13.2 Å². The molecule has 12 heteroatoms. The van der Waals surface area contributed by atoms with Crippen molar-refractivity contribution in [2.75, 3.05) is 7.11 Å². The number of carbonyl (C=O) groups excluding carboxylic acids is 2. The van der Waals surface area contributed by atoms with E-state index in [0.717, 1.165) is 50.7 Å². The summed E-state index contributed by atoms with van der Waals surface area (Å²) in [6, 6.07) is 1.98. The van der Waals surface area contributed by atoms with Crippen LogP contribution in [0.3, 0.4) is 0 Å². The molecule has 0 saturated heterocycles. The van der Waals surface area contributed by atoms with E-state index in [1.807, 2.05) is 0 Å². The molecule has 0 spiro atoms. The SMILES string of the molecule is COc1cc(OS(=O)(=O)C(F)(F)F)cc2c1C(=O)OC2CCCCCCCCCC(=O)CCC(C)O. The monoisotopic (exact) mass is 538 g/mol. The van der Waals surface area contributed by atoms with E-state index in [9.17, 15) is 36.3 Å². The first-order valence-corrected chi connectivity index (χ1v) is 13.4. The molecule has 1 heterocycles. The van der Waals surface area contributed by atoms with Crippen molar-refractivity contribution in [2.45, 2.75) is 95.3 Å². The highest BCUT2D eigenvalue weighted by atomic mass is 32.2. The number of alkyl halides is 3. The molecule has 1 aromatic rings. The maximum absolute atomic E-state index is 12.7. The van der Waals surface area contributed by atoms with Gasteiger partial charge in [-0.1, -0.05) is 32.1 Å². The number of cyclic esters (lactones) is 1. The molecule has 1 aromatic carbocycles. The van der Waals surface area contributed by atoms with Gasteiger partial charge in [0.25, 0.3) is 0 Å². The minimum absolute atomic E-state index is 0.0437. The number of unbranched alkanes of at least 4 members (excludes halogenated alkanes) is 6. The third-order valence-electron chi connectivity index (χ3n) is 5.88. The molecule has 36 heavy (non-hydrogen) atoms. The molecular weight excluding hydrogens is 505 g/mol. The van der Waals surface area contributed by atoms with Crippen molar-refractivity contribution in [3.63, 3.8) is 0 Å². The fraction of sp³-hybridized carbons (Fsp3) is 0.667. The summed E-state index contributed by atoms with van der Waals surface area (Å²) >= 11 is 0. The average molecular weight is 539 g/mol. The first-order valence-electron chi connectivity index (χ1n) is 12.0. The summed E-state index contributed by atoms with van der Waals surface area (Å²) in [4.78, 5) is 24.0. The van der Waals surface area contributed by atoms with Crippen molar-refractivity contribution in [3.05, 3.63) is 23.3 Å². The molecule has 0 bridgehead atoms. The van der Waals surface area contributed by atoms with E-state index in [4.69, 9.17) is 9.47 Å². The number of hydrogen-bond acceptors (Lipinski definition) is 8. The summed E-state index contributed by atoms with van der Waals surface area (Å²) in [5.74, 6) is -1.27. The number of benzene rings is 1. The molecule has 2 rings (SSSR count). The highest BCUT2D eigenvalue weighted by molar-refractivity contribution is 7.88. The molecule has 1 aliphatic heterocycles. The number of methoxy groups -OCH3 is 1. The van der Waals surface area contributed by atoms with Gasteiger partial charge in [-0.25, -0.2) is 4.79 Å². The van der Waals surface area contributed by atoms with Gasteiger partial charge in [-0.15, -0.1) is 0 Å². The third kappa shape index (κ3) is 8.65. The van der Waals surface area contributed by atoms with Crippen LogP contribution in [0.25, 0.3) is 0 Å². The summed E-state index contributed by atoms with van der Waals surface area (Å²) in [6.07, 6.45) is 6.81. The quantitative estimate of drug-likeness (QED) is 0.129. The molecule has 0 saturated carbocycles. The number of aliphatic hydroxyl groups is 1. The Morgan fingerprint density at radius 3 is 2.28 bits per heavy atom. The number of ketones is 1. The maximum atomic E-state index is 12.7. The molecule has 0 radical (unpaired) electrons. The molecule has 2 atom stereocenters. The first-order chi connectivity index (χ1) is 16.9. The Labute approximate surface area is 209 Å². The number of rotatable bonds is 16. The number of aliphatic hydroxyl groups excluding tert-OH is 1. The Kier molecular flexibility index (Phi) is 11.0. The van der Waals surface area contributed by atoms with Crippen LogP contribution in [-0.4, -0.2) is 44.0 Å². The fourth-order valence-electron chi connectivity index (χ4n) is 3.96. The van der Waals surface area contributed by atoms with Crippen molar-refractivity contribution >= 4 is 21.9 Å². The van der Waals surface area contributed by atoms with E-state index in [1.54, 1.807) is 6.92 Å². The van der Waals surface area contributed by atoms with Crippen molar-refractivity contribution in [1.29, 1.82) is 0 Å². The molecule has 0 amide bonds. The van der Waals surface area contributed by atoms with Crippen molar-refractivity contribution in [1.82, 2.24) is 0 Å². The molecule has 8 nitrogen and oxygen atoms in total. The topological polar surface area (TPSA) is 116 Å². The summed E-state index contributed by atoms with van der Waals surface area (Å²) in [6.45, 7) is 1.66. The van der Waals surface area contributed by atoms with Crippen molar-refractivity contribution in [2.24, 2.45) is 0 Å². The number of carbonyl (C=O) groups is 2. The van der Waals surface area contributed by atoms with Gasteiger partial charge >= 0.3 is 21.6 Å². The molecule has 1 N–H and O–H groups in total. The lowest BCUT2D eigenvalue weighted by Gasteiger charge is -2.14. The molecular formula is C24H33F3O8S. The van der Waals surface area contributed by atoms with Gasteiger partial charge in [0.1, 0.15) is 28.9 Å². The Morgan fingerprint density at radius 1 is 1.08 bits per heavy atom. The maximum Gasteiger partial charge on any atom is 0.534 e. The van der Waals surface area contributed by atoms with E-state index >= 15 is 0 Å². The van der Waals surface area contributed by atoms with Crippen LogP contribution in [0, 0.1) is 0 Å². The average Bonchev–Trinajstić information content (AvgIpc) is 3.10. The second kappa shape index (κ2) is 13.3. The lowest BCUT2D eigenvalue weighted by atomic mass is 9.98. The number of Topliss-reactive ketones (excluding diaryl/α,β-unsaturated/α-hetero) is 1. The van der Waals surface area contributed by atoms with Crippen LogP contribution in [0.5, 0.6) is 11.5 Å². The number of ether oxygens (including phenoxy) is 2. The van der Waals surface area contributed by atoms with Crippen LogP contribution >= 0.6 is 0 Å². The van der Waals surface area contributed by atoms with Crippen molar-refractivity contribution in [3.8, 4) is 11.5 Å². The van der Waals surface area contributed by atoms with Gasteiger partial charge in [-0.3, -0.25) is 4.79 Å². The van der Waals surface area contributed by atoms with Gasteiger partial charge in [-0.05, 0) is 38.7 Å². The molecule has 204 valence electrons. The summed E-state index contributed by atoms with van der Waals surface area (Å²) in [5.41, 5.74) is -5.33. The summed E-state index contributed by atoms with van der Waals surface area (Å²) < 4.78 is 75.5. The third-order valence-corrected chi connectivity index (χ3v) is 6.86. The molecule has 0 fully saturated rings. The molecule has 0 aliphatic carbocycles. The number of esters is 1. The largest absolute Gasteiger partial charge is 0.534 e. The Bertz CT molecular complexity index is 1010. The standard InChI is InChI=1S/C24H33F3O8S/c1-16(28)12-13-17(29)10-8-6-4-3-5-7-9-11-20-19-14-18(35-36(31,32)24(25,26)27)15-21(33-2)22(19)23(30)34-20/h14-16,20,28H,3-13H2,1-2H3. The molecule has 0 aromatic heterocycles. The predicted molar refractivity (Wildman–Crippen MR) is 124 cm³/mol. The van der Waals surface area contributed by atoms with Gasteiger partial charge < -0.3 is 18.8 Å². The van der Waals surface area contributed by atoms with Crippen LogP contribution in [0.4, 0.5) is 13.2 Å². The van der Waals surface area contributed by atoms with E-state index < -0.39 is 39.6 Å². The highest BCUT2D eigenvalue weighted by Crippen LogP contribution is 2.42. The first kappa shape index (κ1) is 29.9. The van der Waals surface area contributed by atoms with Crippen LogP contribution < -0.4 is 8.92 Å². The lowest BCUT2D eigenvalue weighted by molar-refractivity contribution is -0.119. The van der Waals surface area contributed by atoms with Crippen LogP contribution in [0.1, 0.15) is 99.6 Å². The Hall–Kier alpha value is -2.34. The summed E-state index contributed by atoms with van der Waals surface area (Å²) in [7, 11) is -4.68. The van der Waals surface area contributed by atoms with Crippen LogP contribution in [-0.2, 0) is 19.6 Å². The molecule has 2 unspecified atom stereocenters. The number of halogens is 3. The highest BCUT2D eigenvalue weighted by Gasteiger charge is 2.49. The van der Waals surface area contributed by atoms with E-state index in [0.29, 0.717) is 32.1 Å². The van der Waals surface area contributed by atoms with Gasteiger partial charge in [0.15, 0.2) is 0 Å². The van der Waals surface area contributed by atoms with E-state index in [-0.39, 0.29) is 22.7 Å². The van der Waals surface area contributed by atoms with Crippen LogP contribution in [0.15, 0.2) is 12.1 Å². The van der Waals surface area contributed by atoms with E-state index in [2.05, 4.69) is 4.18 Å². The van der Waals surface area contributed by atoms with Gasteiger partial charge in [0.2, 0.25) is 0 Å². The Balaban J connectivity index is 1.81. The second-order valence-electron chi connectivity index (χ2n) is 8.91. The van der Waals surface area contributed by atoms with Gasteiger partial charge in [0, 0.05) is 24.5 Å². The second-order valence-corrected chi connectivity index (χ2v) is 10.4.